The van der Waals surface area contributed by atoms with Crippen molar-refractivity contribution < 1.29 is 9.18 Å². The van der Waals surface area contributed by atoms with Crippen LogP contribution in [0.4, 0.5) is 4.39 Å². The van der Waals surface area contributed by atoms with Gasteiger partial charge in [0.05, 0.1) is 18.7 Å². The molecule has 29 heavy (non-hydrogen) atoms. The minimum Gasteiger partial charge on any atom is -0.342 e. The Bertz CT molecular complexity index is 1020. The van der Waals surface area contributed by atoms with Crippen LogP contribution in [-0.4, -0.2) is 69.2 Å². The monoisotopic (exact) mass is 396 g/mol. The summed E-state index contributed by atoms with van der Waals surface area (Å²) in [4.78, 5) is 25.6. The first-order valence-corrected chi connectivity index (χ1v) is 9.86. The molecular weight excluding hydrogens is 371 g/mol. The zero-order chi connectivity index (χ0) is 20.4. The third-order valence-corrected chi connectivity index (χ3v) is 5.38. The minimum absolute atomic E-state index is 0.0555. The minimum atomic E-state index is -0.336. The first-order valence-electron chi connectivity index (χ1n) is 9.86. The molecule has 0 radical (unpaired) electrons. The van der Waals surface area contributed by atoms with E-state index < -0.39 is 0 Å². The molecule has 3 aromatic rings. The van der Waals surface area contributed by atoms with Gasteiger partial charge in [-0.3, -0.25) is 4.79 Å². The average Bonchev–Trinajstić information content (AvgIpc) is 3.33. The van der Waals surface area contributed by atoms with E-state index in [2.05, 4.69) is 14.9 Å². The fourth-order valence-corrected chi connectivity index (χ4v) is 3.78. The standard InChI is InChI=1S/C21H25FN6O/c1-26(2)11-12-28-21-20(23-8-9-24-21)19(25-28)16-7-10-27(14-16)18(29)13-15-5-3-4-6-17(15)22/h3-6,8-9,16H,7,10-14H2,1-2H3. The van der Waals surface area contributed by atoms with E-state index in [9.17, 15) is 9.18 Å². The number of hydrogen-bond acceptors (Lipinski definition) is 5. The summed E-state index contributed by atoms with van der Waals surface area (Å²) >= 11 is 0. The maximum Gasteiger partial charge on any atom is 0.227 e. The summed E-state index contributed by atoms with van der Waals surface area (Å²) < 4.78 is 15.8. The molecule has 8 heteroatoms. The number of hydrogen-bond donors (Lipinski definition) is 0. The third kappa shape index (κ3) is 4.12. The number of benzene rings is 1. The molecule has 1 unspecified atom stereocenters. The van der Waals surface area contributed by atoms with Gasteiger partial charge in [-0.15, -0.1) is 0 Å². The van der Waals surface area contributed by atoms with E-state index in [-0.39, 0.29) is 24.1 Å². The number of halogens is 1. The van der Waals surface area contributed by atoms with Crippen LogP contribution >= 0.6 is 0 Å². The molecule has 0 aliphatic carbocycles. The van der Waals surface area contributed by atoms with Gasteiger partial charge in [0.2, 0.25) is 5.91 Å². The molecular formula is C21H25FN6O. The highest BCUT2D eigenvalue weighted by Crippen LogP contribution is 2.30. The van der Waals surface area contributed by atoms with Crippen LogP contribution in [0.5, 0.6) is 0 Å². The molecule has 1 aliphatic heterocycles. The quantitative estimate of drug-likeness (QED) is 0.638. The van der Waals surface area contributed by atoms with Crippen LogP contribution in [-0.2, 0) is 17.8 Å². The van der Waals surface area contributed by atoms with Crippen molar-refractivity contribution in [2.24, 2.45) is 0 Å². The van der Waals surface area contributed by atoms with Crippen LogP contribution in [0.2, 0.25) is 0 Å². The lowest BCUT2D eigenvalue weighted by Gasteiger charge is -2.16. The van der Waals surface area contributed by atoms with E-state index in [4.69, 9.17) is 5.10 Å². The Morgan fingerprint density at radius 2 is 2.03 bits per heavy atom. The number of carbonyl (C=O) groups is 1. The van der Waals surface area contributed by atoms with Crippen molar-refractivity contribution in [1.82, 2.24) is 29.5 Å². The van der Waals surface area contributed by atoms with Crippen LogP contribution in [0.15, 0.2) is 36.7 Å². The summed E-state index contributed by atoms with van der Waals surface area (Å²) in [6, 6.07) is 6.44. The fraction of sp³-hybridized carbons (Fsp3) is 0.429. The number of aromatic nitrogens is 4. The van der Waals surface area contributed by atoms with E-state index >= 15 is 0 Å². The first-order chi connectivity index (χ1) is 14.0. The van der Waals surface area contributed by atoms with Gasteiger partial charge >= 0.3 is 0 Å². The molecule has 152 valence electrons. The lowest BCUT2D eigenvalue weighted by Crippen LogP contribution is -2.30. The molecule has 1 atom stereocenters. The summed E-state index contributed by atoms with van der Waals surface area (Å²) in [5.74, 6) is -0.281. The van der Waals surface area contributed by atoms with Gasteiger partial charge < -0.3 is 9.80 Å². The SMILES string of the molecule is CN(C)CCn1nc(C2CCN(C(=O)Cc3ccccc3F)C2)c2nccnc21. The smallest absolute Gasteiger partial charge is 0.227 e. The predicted octanol–water partition coefficient (Wildman–Crippen LogP) is 2.09. The Hall–Kier alpha value is -2.87. The van der Waals surface area contributed by atoms with Crippen molar-refractivity contribution >= 4 is 17.1 Å². The van der Waals surface area contributed by atoms with Crippen LogP contribution in [0.1, 0.15) is 23.6 Å². The fourth-order valence-electron chi connectivity index (χ4n) is 3.78. The molecule has 3 heterocycles. The number of nitrogens with zero attached hydrogens (tertiary/aromatic N) is 6. The first kappa shape index (κ1) is 19.4. The summed E-state index contributed by atoms with van der Waals surface area (Å²) in [6.07, 6.45) is 4.26. The lowest BCUT2D eigenvalue weighted by molar-refractivity contribution is -0.129. The van der Waals surface area contributed by atoms with Crippen molar-refractivity contribution in [3.8, 4) is 0 Å². The van der Waals surface area contributed by atoms with Crippen LogP contribution in [0, 0.1) is 5.82 Å². The van der Waals surface area contributed by atoms with Gasteiger partial charge in [0.1, 0.15) is 11.3 Å². The topological polar surface area (TPSA) is 67.2 Å². The molecule has 4 rings (SSSR count). The van der Waals surface area contributed by atoms with Gasteiger partial charge in [0.15, 0.2) is 5.65 Å². The zero-order valence-electron chi connectivity index (χ0n) is 16.8. The summed E-state index contributed by atoms with van der Waals surface area (Å²) in [7, 11) is 4.04. The van der Waals surface area contributed by atoms with Gasteiger partial charge in [-0.1, -0.05) is 18.2 Å². The number of likely N-dealkylation sites (tertiary alicyclic amines) is 1. The molecule has 1 saturated heterocycles. The Balaban J connectivity index is 1.51. The van der Waals surface area contributed by atoms with Crippen LogP contribution < -0.4 is 0 Å². The highest BCUT2D eigenvalue weighted by Gasteiger charge is 2.31. The Labute approximate surface area is 169 Å². The summed E-state index contributed by atoms with van der Waals surface area (Å²) in [5, 5.41) is 4.80. The second kappa shape index (κ2) is 8.24. The molecule has 1 fully saturated rings. The average molecular weight is 396 g/mol. The normalized spacial score (nSPS) is 16.8. The van der Waals surface area contributed by atoms with Crippen molar-refractivity contribution in [2.75, 3.05) is 33.7 Å². The van der Waals surface area contributed by atoms with Crippen LogP contribution in [0.3, 0.4) is 0 Å². The second-order valence-corrected chi connectivity index (χ2v) is 7.73. The maximum absolute atomic E-state index is 13.9. The zero-order valence-corrected chi connectivity index (χ0v) is 16.8. The molecule has 2 aromatic heterocycles. The molecule has 0 saturated carbocycles. The highest BCUT2D eigenvalue weighted by atomic mass is 19.1. The number of rotatable bonds is 6. The number of likely N-dealkylation sites (N-methyl/N-ethyl adjacent to an activating group) is 1. The number of amides is 1. The number of fused-ring (bicyclic) bond motifs is 1. The maximum atomic E-state index is 13.9. The molecule has 1 aromatic carbocycles. The predicted molar refractivity (Wildman–Crippen MR) is 108 cm³/mol. The van der Waals surface area contributed by atoms with Gasteiger partial charge in [-0.25, -0.2) is 19.0 Å². The van der Waals surface area contributed by atoms with Crippen molar-refractivity contribution in [3.63, 3.8) is 0 Å². The Morgan fingerprint density at radius 3 is 2.83 bits per heavy atom. The molecule has 1 amide bonds. The Morgan fingerprint density at radius 1 is 1.24 bits per heavy atom. The van der Waals surface area contributed by atoms with Gasteiger partial charge in [0.25, 0.3) is 0 Å². The number of carbonyl (C=O) groups excluding carboxylic acids is 1. The lowest BCUT2D eigenvalue weighted by atomic mass is 10.0. The molecule has 0 spiro atoms. The molecule has 1 aliphatic rings. The van der Waals surface area contributed by atoms with Crippen molar-refractivity contribution in [2.45, 2.75) is 25.3 Å². The van der Waals surface area contributed by atoms with Crippen molar-refractivity contribution in [1.29, 1.82) is 0 Å². The van der Waals surface area contributed by atoms with E-state index in [1.807, 2.05) is 18.8 Å². The van der Waals surface area contributed by atoms with Gasteiger partial charge in [-0.05, 0) is 32.1 Å². The summed E-state index contributed by atoms with van der Waals surface area (Å²) in [6.45, 7) is 2.80. The molecule has 0 N–H and O–H groups in total. The van der Waals surface area contributed by atoms with Crippen LogP contribution in [0.25, 0.3) is 11.2 Å². The third-order valence-electron chi connectivity index (χ3n) is 5.38. The largest absolute Gasteiger partial charge is 0.342 e. The van der Waals surface area contributed by atoms with E-state index in [0.717, 1.165) is 36.4 Å². The molecule has 7 nitrogen and oxygen atoms in total. The van der Waals surface area contributed by atoms with E-state index in [1.165, 1.54) is 6.07 Å². The molecule has 0 bridgehead atoms. The van der Waals surface area contributed by atoms with E-state index in [1.54, 1.807) is 35.5 Å². The Kier molecular flexibility index (Phi) is 5.53. The van der Waals surface area contributed by atoms with E-state index in [0.29, 0.717) is 18.7 Å². The second-order valence-electron chi connectivity index (χ2n) is 7.73. The van der Waals surface area contributed by atoms with Gasteiger partial charge in [-0.2, -0.15) is 5.10 Å². The van der Waals surface area contributed by atoms with Crippen molar-refractivity contribution in [3.05, 3.63) is 53.7 Å². The van der Waals surface area contributed by atoms with Gasteiger partial charge in [0, 0.05) is 37.9 Å². The highest BCUT2D eigenvalue weighted by molar-refractivity contribution is 5.79. The summed E-state index contributed by atoms with van der Waals surface area (Å²) in [5.41, 5.74) is 2.92.